The van der Waals surface area contributed by atoms with Gasteiger partial charge in [-0.1, -0.05) is 31.9 Å². The summed E-state index contributed by atoms with van der Waals surface area (Å²) in [6, 6.07) is 1.89. The van der Waals surface area contributed by atoms with Crippen molar-refractivity contribution in [3.05, 3.63) is 23.5 Å². The van der Waals surface area contributed by atoms with Gasteiger partial charge in [-0.25, -0.2) is 0 Å². The third-order valence-corrected chi connectivity index (χ3v) is 2.41. The zero-order valence-electron chi connectivity index (χ0n) is 8.05. The highest BCUT2D eigenvalue weighted by Crippen LogP contribution is 2.19. The molecule has 0 amide bonds. The Morgan fingerprint density at radius 1 is 1.62 bits per heavy atom. The molecule has 1 aromatic rings. The fraction of sp³-hybridized carbons (Fsp3) is 0.500. The van der Waals surface area contributed by atoms with Crippen LogP contribution >= 0.6 is 11.6 Å². The fourth-order valence-electron chi connectivity index (χ4n) is 0.947. The minimum atomic E-state index is 0.671. The van der Waals surface area contributed by atoms with E-state index < -0.39 is 0 Å². The molecule has 0 spiro atoms. The van der Waals surface area contributed by atoms with Gasteiger partial charge in [-0.05, 0) is 12.0 Å². The van der Waals surface area contributed by atoms with Crippen LogP contribution < -0.4 is 5.32 Å². The second-order valence-electron chi connectivity index (χ2n) is 3.25. The number of rotatable bonds is 4. The van der Waals surface area contributed by atoms with Gasteiger partial charge in [0.2, 0.25) is 0 Å². The summed E-state index contributed by atoms with van der Waals surface area (Å²) in [6.45, 7) is 5.35. The number of nitrogens with zero attached hydrogens (tertiary/aromatic N) is 1. The summed E-state index contributed by atoms with van der Waals surface area (Å²) >= 11 is 5.93. The SMILES string of the molecule is CCC(C)CNc1ccncc1Cl. The van der Waals surface area contributed by atoms with Crippen LogP contribution in [0.5, 0.6) is 0 Å². The summed E-state index contributed by atoms with van der Waals surface area (Å²) in [5, 5.41) is 3.98. The van der Waals surface area contributed by atoms with Gasteiger partial charge in [-0.15, -0.1) is 0 Å². The first-order valence-corrected chi connectivity index (χ1v) is 4.95. The van der Waals surface area contributed by atoms with Crippen molar-refractivity contribution in [3.63, 3.8) is 0 Å². The van der Waals surface area contributed by atoms with E-state index in [1.165, 1.54) is 6.42 Å². The Morgan fingerprint density at radius 3 is 3.00 bits per heavy atom. The molecule has 0 fully saturated rings. The molecule has 0 saturated carbocycles. The molecule has 72 valence electrons. The van der Waals surface area contributed by atoms with Gasteiger partial charge >= 0.3 is 0 Å². The summed E-state index contributed by atoms with van der Waals surface area (Å²) < 4.78 is 0. The molecule has 0 saturated heterocycles. The van der Waals surface area contributed by atoms with Crippen LogP contribution in [-0.4, -0.2) is 11.5 Å². The lowest BCUT2D eigenvalue weighted by molar-refractivity contribution is 0.593. The van der Waals surface area contributed by atoms with Crippen LogP contribution in [-0.2, 0) is 0 Å². The highest BCUT2D eigenvalue weighted by atomic mass is 35.5. The summed E-state index contributed by atoms with van der Waals surface area (Å²) in [6.07, 6.45) is 4.57. The van der Waals surface area contributed by atoms with E-state index in [9.17, 15) is 0 Å². The number of pyridine rings is 1. The van der Waals surface area contributed by atoms with Crippen molar-refractivity contribution < 1.29 is 0 Å². The van der Waals surface area contributed by atoms with Crippen LogP contribution in [0.2, 0.25) is 5.02 Å². The Kier molecular flexibility index (Phi) is 4.03. The summed E-state index contributed by atoms with van der Waals surface area (Å²) in [5.74, 6) is 0.671. The van der Waals surface area contributed by atoms with Crippen molar-refractivity contribution in [3.8, 4) is 0 Å². The van der Waals surface area contributed by atoms with E-state index in [-0.39, 0.29) is 0 Å². The van der Waals surface area contributed by atoms with Gasteiger partial charge in [0.15, 0.2) is 0 Å². The Balaban J connectivity index is 2.50. The zero-order chi connectivity index (χ0) is 9.68. The molecule has 1 atom stereocenters. The van der Waals surface area contributed by atoms with Gasteiger partial charge < -0.3 is 5.32 Å². The Hall–Kier alpha value is -0.760. The fourth-order valence-corrected chi connectivity index (χ4v) is 1.13. The van der Waals surface area contributed by atoms with Crippen LogP contribution in [0, 0.1) is 5.92 Å². The number of halogens is 1. The standard InChI is InChI=1S/C10H15ClN2/c1-3-8(2)6-13-10-4-5-12-7-9(10)11/h4-5,7-8H,3,6H2,1-2H3,(H,12,13). The van der Waals surface area contributed by atoms with Crippen molar-refractivity contribution in [1.82, 2.24) is 4.98 Å². The Labute approximate surface area is 84.3 Å². The molecule has 0 aliphatic heterocycles. The lowest BCUT2D eigenvalue weighted by atomic mass is 10.1. The molecule has 3 heteroatoms. The largest absolute Gasteiger partial charge is 0.383 e. The molecule has 0 bridgehead atoms. The van der Waals surface area contributed by atoms with Crippen LogP contribution in [0.25, 0.3) is 0 Å². The normalized spacial score (nSPS) is 12.5. The van der Waals surface area contributed by atoms with E-state index in [0.717, 1.165) is 12.2 Å². The molecule has 0 radical (unpaired) electrons. The number of anilines is 1. The first kappa shape index (κ1) is 10.3. The molecule has 1 N–H and O–H groups in total. The monoisotopic (exact) mass is 198 g/mol. The molecule has 0 aromatic carbocycles. The molecule has 2 nitrogen and oxygen atoms in total. The smallest absolute Gasteiger partial charge is 0.0820 e. The lowest BCUT2D eigenvalue weighted by Crippen LogP contribution is -2.10. The molecule has 1 unspecified atom stereocenters. The maximum Gasteiger partial charge on any atom is 0.0820 e. The average molecular weight is 199 g/mol. The Bertz CT molecular complexity index is 263. The molecule has 0 aliphatic carbocycles. The zero-order valence-corrected chi connectivity index (χ0v) is 8.80. The summed E-state index contributed by atoms with van der Waals surface area (Å²) in [7, 11) is 0. The average Bonchev–Trinajstić information content (AvgIpc) is 2.16. The highest BCUT2D eigenvalue weighted by Gasteiger charge is 2.01. The number of nitrogens with one attached hydrogen (secondary N) is 1. The molecule has 1 aromatic heterocycles. The molecule has 0 aliphatic rings. The van der Waals surface area contributed by atoms with Crippen LogP contribution in [0.15, 0.2) is 18.5 Å². The quantitative estimate of drug-likeness (QED) is 0.804. The van der Waals surface area contributed by atoms with E-state index in [0.29, 0.717) is 10.9 Å². The van der Waals surface area contributed by atoms with Gasteiger partial charge in [0.05, 0.1) is 10.7 Å². The maximum atomic E-state index is 5.93. The lowest BCUT2D eigenvalue weighted by Gasteiger charge is -2.11. The van der Waals surface area contributed by atoms with Gasteiger partial charge in [-0.3, -0.25) is 4.98 Å². The predicted octanol–water partition coefficient (Wildman–Crippen LogP) is 3.19. The van der Waals surface area contributed by atoms with Crippen molar-refractivity contribution in [2.45, 2.75) is 20.3 Å². The van der Waals surface area contributed by atoms with Crippen molar-refractivity contribution in [1.29, 1.82) is 0 Å². The Morgan fingerprint density at radius 2 is 2.38 bits per heavy atom. The van der Waals surface area contributed by atoms with Gasteiger partial charge in [-0.2, -0.15) is 0 Å². The predicted molar refractivity (Wildman–Crippen MR) is 57.2 cm³/mol. The second kappa shape index (κ2) is 5.07. The molecule has 1 heterocycles. The number of hydrogen-bond acceptors (Lipinski definition) is 2. The van der Waals surface area contributed by atoms with E-state index in [4.69, 9.17) is 11.6 Å². The van der Waals surface area contributed by atoms with Crippen molar-refractivity contribution in [2.24, 2.45) is 5.92 Å². The minimum Gasteiger partial charge on any atom is -0.383 e. The van der Waals surface area contributed by atoms with E-state index in [1.807, 2.05) is 6.07 Å². The minimum absolute atomic E-state index is 0.671. The third kappa shape index (κ3) is 3.23. The highest BCUT2D eigenvalue weighted by molar-refractivity contribution is 6.33. The molecular formula is C10H15ClN2. The topological polar surface area (TPSA) is 24.9 Å². The van der Waals surface area contributed by atoms with E-state index in [2.05, 4.69) is 24.1 Å². The third-order valence-electron chi connectivity index (χ3n) is 2.11. The number of aromatic nitrogens is 1. The molecule has 13 heavy (non-hydrogen) atoms. The van der Waals surface area contributed by atoms with Gasteiger partial charge in [0.1, 0.15) is 0 Å². The van der Waals surface area contributed by atoms with Crippen molar-refractivity contribution >= 4 is 17.3 Å². The molecule has 1 rings (SSSR count). The van der Waals surface area contributed by atoms with Crippen LogP contribution in [0.3, 0.4) is 0 Å². The number of hydrogen-bond donors (Lipinski definition) is 1. The van der Waals surface area contributed by atoms with Gasteiger partial charge in [0, 0.05) is 18.9 Å². The molecular weight excluding hydrogens is 184 g/mol. The first-order valence-electron chi connectivity index (χ1n) is 4.57. The summed E-state index contributed by atoms with van der Waals surface area (Å²) in [5.41, 5.74) is 0.969. The maximum absolute atomic E-state index is 5.93. The van der Waals surface area contributed by atoms with E-state index in [1.54, 1.807) is 12.4 Å². The van der Waals surface area contributed by atoms with Crippen molar-refractivity contribution in [2.75, 3.05) is 11.9 Å². The van der Waals surface area contributed by atoms with E-state index >= 15 is 0 Å². The van der Waals surface area contributed by atoms with Crippen LogP contribution in [0.4, 0.5) is 5.69 Å². The van der Waals surface area contributed by atoms with Gasteiger partial charge in [0.25, 0.3) is 0 Å². The summed E-state index contributed by atoms with van der Waals surface area (Å²) in [4.78, 5) is 3.92. The second-order valence-corrected chi connectivity index (χ2v) is 3.66. The van der Waals surface area contributed by atoms with Crippen LogP contribution in [0.1, 0.15) is 20.3 Å². The first-order chi connectivity index (χ1) is 6.24.